The molecule has 9 heteroatoms. The average Bonchev–Trinajstić information content (AvgIpc) is 3.34. The number of hydrogen-bond donors (Lipinski definition) is 1. The predicted octanol–water partition coefficient (Wildman–Crippen LogP) is 6.53. The molecule has 0 aliphatic carbocycles. The van der Waals surface area contributed by atoms with Gasteiger partial charge in [0.05, 0.1) is 28.6 Å². The lowest BCUT2D eigenvalue weighted by atomic mass is 10.2. The summed E-state index contributed by atoms with van der Waals surface area (Å²) < 4.78 is 27.4. The second-order valence-electron chi connectivity index (χ2n) is 7.42. The second kappa shape index (κ2) is 9.80. The molecule has 0 spiro atoms. The molecule has 4 rings (SSSR count). The first-order valence-corrected chi connectivity index (χ1v) is 11.2. The molecule has 0 saturated carbocycles. The van der Waals surface area contributed by atoms with E-state index in [1.165, 1.54) is 12.1 Å². The molecule has 0 atom stereocenters. The first kappa shape index (κ1) is 23.1. The van der Waals surface area contributed by atoms with E-state index in [0.717, 1.165) is 15.7 Å². The van der Waals surface area contributed by atoms with Crippen LogP contribution in [0.15, 0.2) is 63.5 Å². The zero-order valence-corrected chi connectivity index (χ0v) is 20.2. The Morgan fingerprint density at radius 1 is 1.21 bits per heavy atom. The van der Waals surface area contributed by atoms with Crippen molar-refractivity contribution in [2.75, 3.05) is 5.32 Å². The smallest absolute Gasteiger partial charge is 0.291 e. The van der Waals surface area contributed by atoms with Crippen LogP contribution < -0.4 is 10.1 Å². The summed E-state index contributed by atoms with van der Waals surface area (Å²) in [6, 6.07) is 14.9. The van der Waals surface area contributed by atoms with Crippen molar-refractivity contribution >= 4 is 39.1 Å². The van der Waals surface area contributed by atoms with Crippen LogP contribution in [-0.4, -0.2) is 15.7 Å². The number of carbonyl (C=O) groups excluding carboxylic acids is 1. The fourth-order valence-corrected chi connectivity index (χ4v) is 4.06. The number of aryl methyl sites for hydroxylation is 1. The summed E-state index contributed by atoms with van der Waals surface area (Å²) in [5, 5.41) is 7.80. The van der Waals surface area contributed by atoms with Crippen LogP contribution in [0.3, 0.4) is 0 Å². The highest BCUT2D eigenvalue weighted by atomic mass is 79.9. The maximum atomic E-state index is 13.5. The van der Waals surface area contributed by atoms with E-state index in [2.05, 4.69) is 26.3 Å². The molecule has 1 amide bonds. The van der Waals surface area contributed by atoms with Crippen molar-refractivity contribution in [1.82, 2.24) is 9.78 Å². The molecule has 0 unspecified atom stereocenters. The summed E-state index contributed by atoms with van der Waals surface area (Å²) in [6.45, 7) is 4.16. The van der Waals surface area contributed by atoms with Gasteiger partial charge in [0.2, 0.25) is 0 Å². The lowest BCUT2D eigenvalue weighted by Crippen LogP contribution is -2.12. The highest BCUT2D eigenvalue weighted by Crippen LogP contribution is 2.28. The monoisotopic (exact) mass is 531 g/mol. The molecule has 0 fully saturated rings. The number of hydrogen-bond acceptors (Lipinski definition) is 4. The molecule has 0 saturated heterocycles. The summed E-state index contributed by atoms with van der Waals surface area (Å²) in [7, 11) is 0. The fraction of sp³-hybridized carbons (Fsp3) is 0.167. The van der Waals surface area contributed by atoms with Crippen molar-refractivity contribution < 1.29 is 18.3 Å². The molecule has 0 aliphatic rings. The third-order valence-corrected chi connectivity index (χ3v) is 5.78. The molecule has 2 aromatic carbocycles. The molecule has 2 heterocycles. The summed E-state index contributed by atoms with van der Waals surface area (Å²) in [4.78, 5) is 12.8. The Hall–Kier alpha value is -3.10. The van der Waals surface area contributed by atoms with Crippen LogP contribution in [0.4, 0.5) is 10.1 Å². The van der Waals surface area contributed by atoms with Gasteiger partial charge in [-0.1, -0.05) is 39.7 Å². The van der Waals surface area contributed by atoms with Crippen LogP contribution in [-0.2, 0) is 13.2 Å². The summed E-state index contributed by atoms with van der Waals surface area (Å²) in [6.07, 6.45) is 0. The van der Waals surface area contributed by atoms with Crippen LogP contribution >= 0.6 is 27.5 Å². The molecule has 1 N–H and O–H groups in total. The number of nitrogens with zero attached hydrogens (tertiary/aromatic N) is 2. The molecule has 6 nitrogen and oxygen atoms in total. The van der Waals surface area contributed by atoms with Crippen molar-refractivity contribution in [2.24, 2.45) is 0 Å². The number of anilines is 1. The standard InChI is InChI=1S/C24H20BrClFN3O3/c1-14-23(15(2)30(29-14)12-16-4-3-5-18(27)10-16)28-24(31)22-9-7-19(33-22)13-32-21-8-6-17(25)11-20(21)26/h3-11H,12-13H2,1-2H3,(H,28,31). The van der Waals surface area contributed by atoms with E-state index in [1.807, 2.05) is 19.1 Å². The molecular formula is C24H20BrClFN3O3. The van der Waals surface area contributed by atoms with Crippen molar-refractivity contribution in [3.05, 3.63) is 98.4 Å². The Labute approximate surface area is 203 Å². The van der Waals surface area contributed by atoms with Crippen LogP contribution in [0, 0.1) is 19.7 Å². The first-order valence-electron chi connectivity index (χ1n) is 10.1. The number of ether oxygens (including phenoxy) is 1. The maximum absolute atomic E-state index is 13.5. The van der Waals surface area contributed by atoms with Crippen molar-refractivity contribution in [1.29, 1.82) is 0 Å². The van der Waals surface area contributed by atoms with Gasteiger partial charge in [0.15, 0.2) is 5.76 Å². The Bertz CT molecular complexity index is 1320. The minimum Gasteiger partial charge on any atom is -0.484 e. The third kappa shape index (κ3) is 5.46. The van der Waals surface area contributed by atoms with Gasteiger partial charge in [0.25, 0.3) is 5.91 Å². The molecule has 33 heavy (non-hydrogen) atoms. The molecular weight excluding hydrogens is 513 g/mol. The van der Waals surface area contributed by atoms with Crippen LogP contribution in [0.2, 0.25) is 5.02 Å². The normalized spacial score (nSPS) is 10.9. The molecule has 0 bridgehead atoms. The van der Waals surface area contributed by atoms with Crippen LogP contribution in [0.1, 0.15) is 33.3 Å². The number of benzene rings is 2. The highest BCUT2D eigenvalue weighted by molar-refractivity contribution is 9.10. The number of nitrogens with one attached hydrogen (secondary N) is 1. The van der Waals surface area contributed by atoms with Gasteiger partial charge in [0.1, 0.15) is 23.9 Å². The van der Waals surface area contributed by atoms with Gasteiger partial charge in [-0.3, -0.25) is 9.48 Å². The topological polar surface area (TPSA) is 69.3 Å². The number of halogens is 3. The van der Waals surface area contributed by atoms with Crippen LogP contribution in [0.5, 0.6) is 5.75 Å². The van der Waals surface area contributed by atoms with Crippen molar-refractivity contribution in [3.8, 4) is 5.75 Å². The quantitative estimate of drug-likeness (QED) is 0.294. The summed E-state index contributed by atoms with van der Waals surface area (Å²) in [5.74, 6) is 0.433. The van der Waals surface area contributed by atoms with E-state index in [9.17, 15) is 9.18 Å². The van der Waals surface area contributed by atoms with Gasteiger partial charge in [0, 0.05) is 4.47 Å². The largest absolute Gasteiger partial charge is 0.484 e. The van der Waals surface area contributed by atoms with Gasteiger partial charge in [-0.2, -0.15) is 5.10 Å². The maximum Gasteiger partial charge on any atom is 0.291 e. The lowest BCUT2D eigenvalue weighted by Gasteiger charge is -2.07. The third-order valence-electron chi connectivity index (χ3n) is 4.99. The number of aromatic nitrogens is 2. The summed E-state index contributed by atoms with van der Waals surface area (Å²) in [5.41, 5.74) is 2.77. The Balaban J connectivity index is 1.42. The van der Waals surface area contributed by atoms with Gasteiger partial charge >= 0.3 is 0 Å². The molecule has 0 aliphatic heterocycles. The van der Waals surface area contributed by atoms with E-state index in [1.54, 1.807) is 41.9 Å². The van der Waals surface area contributed by atoms with Gasteiger partial charge < -0.3 is 14.5 Å². The molecule has 0 radical (unpaired) electrons. The van der Waals surface area contributed by atoms with E-state index >= 15 is 0 Å². The zero-order chi connectivity index (χ0) is 23.5. The van der Waals surface area contributed by atoms with E-state index in [4.69, 9.17) is 20.8 Å². The van der Waals surface area contributed by atoms with Crippen molar-refractivity contribution in [2.45, 2.75) is 27.0 Å². The highest BCUT2D eigenvalue weighted by Gasteiger charge is 2.18. The van der Waals surface area contributed by atoms with Gasteiger partial charge in [-0.25, -0.2) is 4.39 Å². The number of rotatable bonds is 7. The number of carbonyl (C=O) groups is 1. The first-order chi connectivity index (χ1) is 15.8. The Kier molecular flexibility index (Phi) is 6.85. The molecule has 4 aromatic rings. The lowest BCUT2D eigenvalue weighted by molar-refractivity contribution is 0.0992. The SMILES string of the molecule is Cc1nn(Cc2cccc(F)c2)c(C)c1NC(=O)c1ccc(COc2ccc(Br)cc2Cl)o1. The van der Waals surface area contributed by atoms with E-state index in [0.29, 0.717) is 34.5 Å². The van der Waals surface area contributed by atoms with Crippen molar-refractivity contribution in [3.63, 3.8) is 0 Å². The van der Waals surface area contributed by atoms with Gasteiger partial charge in [-0.05, 0) is 61.9 Å². The fourth-order valence-electron chi connectivity index (χ4n) is 3.33. The predicted molar refractivity (Wildman–Crippen MR) is 127 cm³/mol. The minimum absolute atomic E-state index is 0.123. The molecule has 2 aromatic heterocycles. The van der Waals surface area contributed by atoms with E-state index in [-0.39, 0.29) is 18.2 Å². The summed E-state index contributed by atoms with van der Waals surface area (Å²) >= 11 is 9.50. The Morgan fingerprint density at radius 3 is 2.79 bits per heavy atom. The minimum atomic E-state index is -0.403. The van der Waals surface area contributed by atoms with Gasteiger partial charge in [-0.15, -0.1) is 0 Å². The number of furan rings is 1. The molecule has 170 valence electrons. The Morgan fingerprint density at radius 2 is 2.03 bits per heavy atom. The van der Waals surface area contributed by atoms with E-state index < -0.39 is 5.91 Å². The number of amides is 1. The zero-order valence-electron chi connectivity index (χ0n) is 17.9. The second-order valence-corrected chi connectivity index (χ2v) is 8.74. The average molecular weight is 533 g/mol. The van der Waals surface area contributed by atoms with Crippen LogP contribution in [0.25, 0.3) is 0 Å².